The van der Waals surface area contributed by atoms with E-state index in [0.717, 1.165) is 66.8 Å². The van der Waals surface area contributed by atoms with E-state index in [2.05, 4.69) is 289 Å². The zero-order valence-corrected chi connectivity index (χ0v) is 41.5. The zero-order chi connectivity index (χ0) is 50.2. The summed E-state index contributed by atoms with van der Waals surface area (Å²) in [5.74, 6) is 0. The van der Waals surface area contributed by atoms with E-state index in [1.807, 2.05) is 12.1 Å². The standard InChI is InChI=1S/C73H48N2O/c1-4-19-49(20-5-1)51-37-41-56(42-38-51)74(57-43-39-52(40-44-57)59-30-17-36-70-71(59)63-29-12-15-35-69(63)76-70)58-45-46-61-60-27-11-14-33-66(60)75(68(61)48-58)67-34-18-32-65-72(67)62-28-10-13-31-64(62)73(65,54-24-8-3-9-25-54)55-26-16-23-53(47-55)50-21-6-2-7-22-50/h1-48H. The van der Waals surface area contributed by atoms with E-state index < -0.39 is 5.41 Å². The third kappa shape index (κ3) is 6.76. The van der Waals surface area contributed by atoms with E-state index in [4.69, 9.17) is 4.42 Å². The molecule has 0 bridgehead atoms. The number of anilines is 3. The molecule has 0 N–H and O–H groups in total. The molecule has 1 unspecified atom stereocenters. The van der Waals surface area contributed by atoms with Gasteiger partial charge in [0.2, 0.25) is 0 Å². The highest BCUT2D eigenvalue weighted by Gasteiger charge is 2.47. The molecule has 1 atom stereocenters. The summed E-state index contributed by atoms with van der Waals surface area (Å²) in [7, 11) is 0. The third-order valence-electron chi connectivity index (χ3n) is 15.9. The molecule has 12 aromatic carbocycles. The second kappa shape index (κ2) is 17.6. The van der Waals surface area contributed by atoms with E-state index in [1.165, 1.54) is 66.4 Å². The second-order valence-corrected chi connectivity index (χ2v) is 19.9. The van der Waals surface area contributed by atoms with Gasteiger partial charge in [0.05, 0.1) is 22.1 Å². The van der Waals surface area contributed by atoms with Gasteiger partial charge in [-0.25, -0.2) is 0 Å². The topological polar surface area (TPSA) is 21.3 Å². The van der Waals surface area contributed by atoms with Gasteiger partial charge in [-0.15, -0.1) is 0 Å². The first kappa shape index (κ1) is 43.6. The molecule has 3 nitrogen and oxygen atoms in total. The number of nitrogens with zero attached hydrogens (tertiary/aromatic N) is 2. The van der Waals surface area contributed by atoms with Crippen LogP contribution in [0, 0.1) is 0 Å². The molecule has 0 radical (unpaired) electrons. The molecule has 76 heavy (non-hydrogen) atoms. The number of furan rings is 1. The molecule has 1 aliphatic carbocycles. The van der Waals surface area contributed by atoms with Gasteiger partial charge in [0.25, 0.3) is 0 Å². The summed E-state index contributed by atoms with van der Waals surface area (Å²) >= 11 is 0. The summed E-state index contributed by atoms with van der Waals surface area (Å²) in [6.07, 6.45) is 0. The molecule has 0 fully saturated rings. The predicted molar refractivity (Wildman–Crippen MR) is 316 cm³/mol. The van der Waals surface area contributed by atoms with Crippen molar-refractivity contribution in [1.29, 1.82) is 0 Å². The fourth-order valence-electron chi connectivity index (χ4n) is 12.6. The van der Waals surface area contributed by atoms with Crippen molar-refractivity contribution in [2.45, 2.75) is 5.41 Å². The van der Waals surface area contributed by atoms with Crippen LogP contribution < -0.4 is 4.90 Å². The Morgan fingerprint density at radius 3 is 1.62 bits per heavy atom. The van der Waals surface area contributed by atoms with Crippen molar-refractivity contribution in [3.05, 3.63) is 313 Å². The van der Waals surface area contributed by atoms with Gasteiger partial charge in [-0.2, -0.15) is 0 Å². The Morgan fingerprint density at radius 1 is 0.316 bits per heavy atom. The molecule has 14 aromatic rings. The highest BCUT2D eigenvalue weighted by atomic mass is 16.3. The number of fused-ring (bicyclic) bond motifs is 9. The van der Waals surface area contributed by atoms with E-state index in [1.54, 1.807) is 0 Å². The fraction of sp³-hybridized carbons (Fsp3) is 0.0137. The fourth-order valence-corrected chi connectivity index (χ4v) is 12.6. The SMILES string of the molecule is c1ccc(-c2ccc(N(c3ccc(-c4cccc5oc6ccccc6c45)cc3)c3ccc4c5ccccc5n(-c5cccc6c5-c5ccccc5C6(c5ccccc5)c5cccc(-c6ccccc6)c5)c4c3)cc2)cc1. The van der Waals surface area contributed by atoms with Gasteiger partial charge >= 0.3 is 0 Å². The summed E-state index contributed by atoms with van der Waals surface area (Å²) in [6, 6.07) is 106. The minimum absolute atomic E-state index is 0.594. The number of hydrogen-bond acceptors (Lipinski definition) is 2. The molecule has 2 heterocycles. The number of hydrogen-bond donors (Lipinski definition) is 0. The summed E-state index contributed by atoms with van der Waals surface area (Å²) in [5, 5.41) is 4.66. The Labute approximate surface area is 441 Å². The van der Waals surface area contributed by atoms with Crippen LogP contribution in [-0.2, 0) is 5.41 Å². The van der Waals surface area contributed by atoms with E-state index in [9.17, 15) is 0 Å². The average Bonchev–Trinajstić information content (AvgIpc) is 4.32. The first-order valence-corrected chi connectivity index (χ1v) is 26.2. The van der Waals surface area contributed by atoms with Crippen LogP contribution in [0.25, 0.3) is 93.9 Å². The molecule has 0 saturated heterocycles. The lowest BCUT2D eigenvalue weighted by Crippen LogP contribution is -2.28. The number of rotatable bonds is 9. The predicted octanol–water partition coefficient (Wildman–Crippen LogP) is 19.5. The molecule has 0 spiro atoms. The van der Waals surface area contributed by atoms with Crippen molar-refractivity contribution in [3.8, 4) is 50.2 Å². The summed E-state index contributed by atoms with van der Waals surface area (Å²) in [4.78, 5) is 2.40. The highest BCUT2D eigenvalue weighted by molar-refractivity contribution is 6.13. The van der Waals surface area contributed by atoms with Crippen molar-refractivity contribution in [2.24, 2.45) is 0 Å². The van der Waals surface area contributed by atoms with E-state index in [0.29, 0.717) is 0 Å². The number of aromatic nitrogens is 1. The van der Waals surface area contributed by atoms with Crippen LogP contribution in [0.4, 0.5) is 17.1 Å². The molecule has 2 aromatic heterocycles. The molecular formula is C73H48N2O. The van der Waals surface area contributed by atoms with Gasteiger partial charge in [-0.05, 0) is 128 Å². The molecule has 1 aliphatic rings. The largest absolute Gasteiger partial charge is 0.456 e. The van der Waals surface area contributed by atoms with E-state index in [-0.39, 0.29) is 0 Å². The molecule has 356 valence electrons. The lowest BCUT2D eigenvalue weighted by Gasteiger charge is -2.34. The summed E-state index contributed by atoms with van der Waals surface area (Å²) < 4.78 is 8.86. The van der Waals surface area contributed by atoms with Crippen molar-refractivity contribution >= 4 is 60.8 Å². The lowest BCUT2D eigenvalue weighted by atomic mass is 9.67. The monoisotopic (exact) mass is 968 g/mol. The van der Waals surface area contributed by atoms with Crippen LogP contribution in [0.1, 0.15) is 22.3 Å². The van der Waals surface area contributed by atoms with Gasteiger partial charge in [0.15, 0.2) is 0 Å². The van der Waals surface area contributed by atoms with Gasteiger partial charge in [0.1, 0.15) is 11.2 Å². The number of para-hydroxylation sites is 2. The maximum absolute atomic E-state index is 6.33. The van der Waals surface area contributed by atoms with Crippen LogP contribution in [0.15, 0.2) is 296 Å². The first-order valence-electron chi connectivity index (χ1n) is 26.2. The zero-order valence-electron chi connectivity index (χ0n) is 41.5. The maximum atomic E-state index is 6.33. The second-order valence-electron chi connectivity index (χ2n) is 19.9. The quantitative estimate of drug-likeness (QED) is 0.144. The highest BCUT2D eigenvalue weighted by Crippen LogP contribution is 2.58. The van der Waals surface area contributed by atoms with Crippen LogP contribution in [-0.4, -0.2) is 4.57 Å². The lowest BCUT2D eigenvalue weighted by molar-refractivity contribution is 0.669. The van der Waals surface area contributed by atoms with Crippen LogP contribution in [0.2, 0.25) is 0 Å². The third-order valence-corrected chi connectivity index (χ3v) is 15.9. The minimum Gasteiger partial charge on any atom is -0.456 e. The van der Waals surface area contributed by atoms with E-state index >= 15 is 0 Å². The van der Waals surface area contributed by atoms with Crippen molar-refractivity contribution in [2.75, 3.05) is 4.90 Å². The Hall–Kier alpha value is -9.96. The smallest absolute Gasteiger partial charge is 0.136 e. The van der Waals surface area contributed by atoms with Crippen LogP contribution in [0.5, 0.6) is 0 Å². The summed E-state index contributed by atoms with van der Waals surface area (Å²) in [5.41, 5.74) is 22.4. The normalized spacial score (nSPS) is 13.8. The van der Waals surface area contributed by atoms with Crippen LogP contribution >= 0.6 is 0 Å². The van der Waals surface area contributed by atoms with Crippen molar-refractivity contribution < 1.29 is 4.42 Å². The van der Waals surface area contributed by atoms with Gasteiger partial charge in [0, 0.05) is 44.2 Å². The van der Waals surface area contributed by atoms with Crippen LogP contribution in [0.3, 0.4) is 0 Å². The maximum Gasteiger partial charge on any atom is 0.136 e. The minimum atomic E-state index is -0.594. The molecular weight excluding hydrogens is 921 g/mol. The van der Waals surface area contributed by atoms with Crippen molar-refractivity contribution in [1.82, 2.24) is 4.57 Å². The molecule has 0 aliphatic heterocycles. The van der Waals surface area contributed by atoms with Crippen molar-refractivity contribution in [3.63, 3.8) is 0 Å². The molecule has 15 rings (SSSR count). The molecule has 0 saturated carbocycles. The molecule has 3 heteroatoms. The molecule has 0 amide bonds. The van der Waals surface area contributed by atoms with Gasteiger partial charge in [-0.1, -0.05) is 224 Å². The van der Waals surface area contributed by atoms with Gasteiger partial charge in [-0.3, -0.25) is 0 Å². The number of benzene rings is 12. The average molecular weight is 969 g/mol. The Balaban J connectivity index is 0.941. The first-order chi connectivity index (χ1) is 37.7. The van der Waals surface area contributed by atoms with Gasteiger partial charge < -0.3 is 13.9 Å². The summed E-state index contributed by atoms with van der Waals surface area (Å²) in [6.45, 7) is 0. The Morgan fingerprint density at radius 2 is 0.842 bits per heavy atom. The Bertz CT molecular complexity index is 4500. The Kier molecular flexibility index (Phi) is 10.1.